The zero-order valence-electron chi connectivity index (χ0n) is 14.9. The highest BCUT2D eigenvalue weighted by Gasteiger charge is 2.28. The summed E-state index contributed by atoms with van der Waals surface area (Å²) < 4.78 is 20.0. The topological polar surface area (TPSA) is 26.3 Å². The fourth-order valence-corrected chi connectivity index (χ4v) is 5.18. The molecule has 128 valence electrons. The van der Waals surface area contributed by atoms with Gasteiger partial charge >= 0.3 is 0 Å². The van der Waals surface area contributed by atoms with Crippen molar-refractivity contribution in [3.05, 3.63) is 95.1 Å². The van der Waals surface area contributed by atoms with Crippen LogP contribution in [0.5, 0.6) is 0 Å². The first-order valence-electron chi connectivity index (χ1n) is 8.43. The third-order valence-corrected chi connectivity index (χ3v) is 6.87. The molecule has 3 aromatic carbocycles. The standard InChI is InChI=1S/C22H23O2P/c1-17-14-18(2)22(19(3)15-17)16-24-25(23,20-10-6-4-7-11-20)21-12-8-5-9-13-21/h4-15H,16H2,1-3H3. The number of hydrogen-bond acceptors (Lipinski definition) is 2. The largest absolute Gasteiger partial charge is 0.317 e. The molecule has 0 saturated heterocycles. The van der Waals surface area contributed by atoms with Crippen LogP contribution < -0.4 is 10.6 Å². The van der Waals surface area contributed by atoms with Gasteiger partial charge in [-0.15, -0.1) is 0 Å². The maximum Gasteiger partial charge on any atom is 0.261 e. The van der Waals surface area contributed by atoms with Gasteiger partial charge in [0.2, 0.25) is 0 Å². The predicted molar refractivity (Wildman–Crippen MR) is 105 cm³/mol. The molecule has 0 fully saturated rings. The van der Waals surface area contributed by atoms with Crippen molar-refractivity contribution in [3.63, 3.8) is 0 Å². The summed E-state index contributed by atoms with van der Waals surface area (Å²) in [6, 6.07) is 23.2. The first-order chi connectivity index (χ1) is 12.0. The van der Waals surface area contributed by atoms with Crippen molar-refractivity contribution in [2.75, 3.05) is 0 Å². The molecule has 3 rings (SSSR count). The Morgan fingerprint density at radius 1 is 0.760 bits per heavy atom. The lowest BCUT2D eigenvalue weighted by molar-refractivity contribution is 0.314. The molecular formula is C22H23O2P. The van der Waals surface area contributed by atoms with Crippen LogP contribution in [0.4, 0.5) is 0 Å². The highest BCUT2D eigenvalue weighted by molar-refractivity contribution is 7.74. The average molecular weight is 350 g/mol. The second kappa shape index (κ2) is 7.39. The Hall–Kier alpha value is -2.15. The molecule has 0 saturated carbocycles. The number of rotatable bonds is 5. The van der Waals surface area contributed by atoms with E-state index in [0.717, 1.165) is 16.2 Å². The molecule has 0 aliphatic rings. The van der Waals surface area contributed by atoms with Gasteiger partial charge in [-0.05, 0) is 61.7 Å². The van der Waals surface area contributed by atoms with Crippen molar-refractivity contribution in [2.45, 2.75) is 27.4 Å². The van der Waals surface area contributed by atoms with E-state index in [1.165, 1.54) is 16.7 Å². The van der Waals surface area contributed by atoms with Crippen LogP contribution in [-0.2, 0) is 15.7 Å². The monoisotopic (exact) mass is 350 g/mol. The van der Waals surface area contributed by atoms with Crippen molar-refractivity contribution < 1.29 is 9.09 Å². The summed E-state index contributed by atoms with van der Waals surface area (Å²) in [6.07, 6.45) is 0. The molecule has 0 unspecified atom stereocenters. The van der Waals surface area contributed by atoms with Gasteiger partial charge in [-0.25, -0.2) is 0 Å². The van der Waals surface area contributed by atoms with Crippen molar-refractivity contribution in [1.82, 2.24) is 0 Å². The van der Waals surface area contributed by atoms with Gasteiger partial charge in [0.05, 0.1) is 6.61 Å². The van der Waals surface area contributed by atoms with Crippen LogP contribution in [0.1, 0.15) is 22.3 Å². The molecule has 0 radical (unpaired) electrons. The van der Waals surface area contributed by atoms with E-state index >= 15 is 0 Å². The lowest BCUT2D eigenvalue weighted by Gasteiger charge is -2.21. The van der Waals surface area contributed by atoms with Gasteiger partial charge in [0.25, 0.3) is 7.37 Å². The van der Waals surface area contributed by atoms with Gasteiger partial charge in [0, 0.05) is 10.6 Å². The first kappa shape index (κ1) is 17.7. The number of aryl methyl sites for hydroxylation is 3. The summed E-state index contributed by atoms with van der Waals surface area (Å²) in [4.78, 5) is 0. The molecular weight excluding hydrogens is 327 g/mol. The fourth-order valence-electron chi connectivity index (χ4n) is 3.14. The van der Waals surface area contributed by atoms with Crippen LogP contribution >= 0.6 is 7.37 Å². The molecule has 25 heavy (non-hydrogen) atoms. The number of hydrogen-bond donors (Lipinski definition) is 0. The minimum Gasteiger partial charge on any atom is -0.317 e. The number of benzene rings is 3. The van der Waals surface area contributed by atoms with Gasteiger partial charge < -0.3 is 4.52 Å². The Bertz CT molecular complexity index is 835. The Labute approximate surface area is 149 Å². The smallest absolute Gasteiger partial charge is 0.261 e. The minimum absolute atomic E-state index is 0.332. The predicted octanol–water partition coefficient (Wildman–Crippen LogP) is 5.06. The summed E-state index contributed by atoms with van der Waals surface area (Å²) in [6.45, 7) is 6.58. The lowest BCUT2D eigenvalue weighted by atomic mass is 10.0. The van der Waals surface area contributed by atoms with E-state index in [4.69, 9.17) is 4.52 Å². The van der Waals surface area contributed by atoms with E-state index in [1.807, 2.05) is 60.7 Å². The third-order valence-electron chi connectivity index (χ3n) is 4.42. The molecule has 0 aliphatic carbocycles. The highest BCUT2D eigenvalue weighted by atomic mass is 31.2. The summed E-state index contributed by atoms with van der Waals surface area (Å²) in [7, 11) is -3.14. The molecule has 3 heteroatoms. The van der Waals surface area contributed by atoms with E-state index in [0.29, 0.717) is 6.61 Å². The Morgan fingerprint density at radius 3 is 1.64 bits per heavy atom. The molecule has 3 aromatic rings. The molecule has 0 amide bonds. The molecule has 0 aliphatic heterocycles. The molecule has 0 aromatic heterocycles. The van der Waals surface area contributed by atoms with Crippen LogP contribution in [0.15, 0.2) is 72.8 Å². The molecule has 0 bridgehead atoms. The highest BCUT2D eigenvalue weighted by Crippen LogP contribution is 2.45. The minimum atomic E-state index is -3.14. The first-order valence-corrected chi connectivity index (χ1v) is 10.1. The second-order valence-electron chi connectivity index (χ2n) is 6.37. The zero-order chi connectivity index (χ0) is 17.9. The molecule has 0 N–H and O–H groups in total. The van der Waals surface area contributed by atoms with Crippen molar-refractivity contribution >= 4 is 18.0 Å². The summed E-state index contributed by atoms with van der Waals surface area (Å²) in [5.41, 5.74) is 4.68. The SMILES string of the molecule is Cc1cc(C)c(COP(=O)(c2ccccc2)c2ccccc2)c(C)c1. The lowest BCUT2D eigenvalue weighted by Crippen LogP contribution is -2.18. The van der Waals surface area contributed by atoms with Crippen LogP contribution in [0.25, 0.3) is 0 Å². The van der Waals surface area contributed by atoms with E-state index in [9.17, 15) is 4.57 Å². The van der Waals surface area contributed by atoms with Crippen LogP contribution in [0, 0.1) is 20.8 Å². The average Bonchev–Trinajstić information content (AvgIpc) is 2.62. The summed E-state index contributed by atoms with van der Waals surface area (Å²) in [5.74, 6) is 0. The van der Waals surface area contributed by atoms with E-state index in [2.05, 4.69) is 32.9 Å². The Kier molecular flexibility index (Phi) is 5.22. The van der Waals surface area contributed by atoms with Crippen LogP contribution in [-0.4, -0.2) is 0 Å². The van der Waals surface area contributed by atoms with Gasteiger partial charge in [-0.2, -0.15) is 0 Å². The maximum absolute atomic E-state index is 13.9. The zero-order valence-corrected chi connectivity index (χ0v) is 15.8. The fraction of sp³-hybridized carbons (Fsp3) is 0.182. The molecule has 0 heterocycles. The second-order valence-corrected chi connectivity index (χ2v) is 8.77. The molecule has 0 atom stereocenters. The van der Waals surface area contributed by atoms with Crippen molar-refractivity contribution in [1.29, 1.82) is 0 Å². The quantitative estimate of drug-likeness (QED) is 0.601. The summed E-state index contributed by atoms with van der Waals surface area (Å²) >= 11 is 0. The van der Waals surface area contributed by atoms with Gasteiger partial charge in [-0.3, -0.25) is 4.57 Å². The Balaban J connectivity index is 1.99. The third kappa shape index (κ3) is 3.76. The van der Waals surface area contributed by atoms with Crippen molar-refractivity contribution in [2.24, 2.45) is 0 Å². The molecule has 2 nitrogen and oxygen atoms in total. The van der Waals surface area contributed by atoms with Gasteiger partial charge in [-0.1, -0.05) is 54.1 Å². The van der Waals surface area contributed by atoms with Crippen LogP contribution in [0.3, 0.4) is 0 Å². The normalized spacial score (nSPS) is 11.5. The van der Waals surface area contributed by atoms with E-state index in [1.54, 1.807) is 0 Å². The van der Waals surface area contributed by atoms with E-state index in [-0.39, 0.29) is 0 Å². The Morgan fingerprint density at radius 2 is 1.20 bits per heavy atom. The van der Waals surface area contributed by atoms with Gasteiger partial charge in [0.15, 0.2) is 0 Å². The van der Waals surface area contributed by atoms with Crippen molar-refractivity contribution in [3.8, 4) is 0 Å². The van der Waals surface area contributed by atoms with E-state index < -0.39 is 7.37 Å². The maximum atomic E-state index is 13.9. The van der Waals surface area contributed by atoms with Crippen LogP contribution in [0.2, 0.25) is 0 Å². The van der Waals surface area contributed by atoms with Gasteiger partial charge in [0.1, 0.15) is 0 Å². The molecule has 0 spiro atoms. The summed E-state index contributed by atoms with van der Waals surface area (Å²) in [5, 5.41) is 1.45.